The summed E-state index contributed by atoms with van der Waals surface area (Å²) in [6.07, 6.45) is -0.837. The Morgan fingerprint density at radius 2 is 1.67 bits per heavy atom. The fourth-order valence-electron chi connectivity index (χ4n) is 3.59. The number of aromatic nitrogens is 2. The van der Waals surface area contributed by atoms with Crippen LogP contribution in [0, 0.1) is 19.7 Å². The number of carbonyl (C=O) groups excluding carboxylic acids is 2. The van der Waals surface area contributed by atoms with Crippen LogP contribution in [0.5, 0.6) is 5.75 Å². The van der Waals surface area contributed by atoms with Gasteiger partial charge in [-0.05, 0) is 67.9 Å². The largest absolute Gasteiger partial charge is 0.481 e. The molecule has 1 atom stereocenters. The maximum absolute atomic E-state index is 13.2. The number of hydrogen-bond acceptors (Lipinski definition) is 4. The summed E-state index contributed by atoms with van der Waals surface area (Å²) in [5.41, 5.74) is 6.80. The highest BCUT2D eigenvalue weighted by atomic mass is 19.1. The number of nitrogens with one attached hydrogen (secondary N) is 2. The van der Waals surface area contributed by atoms with Gasteiger partial charge in [0.05, 0.1) is 22.6 Å². The molecule has 1 aromatic heterocycles. The van der Waals surface area contributed by atoms with Crippen LogP contribution in [0.2, 0.25) is 0 Å². The van der Waals surface area contributed by atoms with Gasteiger partial charge < -0.3 is 4.74 Å². The molecule has 2 amide bonds. The van der Waals surface area contributed by atoms with E-state index in [0.717, 1.165) is 10.8 Å². The van der Waals surface area contributed by atoms with Crippen LogP contribution in [0.4, 0.5) is 4.39 Å². The Bertz CT molecular complexity index is 1330. The van der Waals surface area contributed by atoms with Crippen LogP contribution in [0.15, 0.2) is 66.7 Å². The zero-order valence-electron chi connectivity index (χ0n) is 18.4. The molecule has 8 heteroatoms. The summed E-state index contributed by atoms with van der Waals surface area (Å²) in [5, 5.41) is 6.44. The lowest BCUT2D eigenvalue weighted by Gasteiger charge is -2.15. The van der Waals surface area contributed by atoms with Gasteiger partial charge in [-0.2, -0.15) is 5.10 Å². The first-order valence-electron chi connectivity index (χ1n) is 10.4. The van der Waals surface area contributed by atoms with E-state index in [1.54, 1.807) is 43.7 Å². The second kappa shape index (κ2) is 9.12. The van der Waals surface area contributed by atoms with E-state index in [0.29, 0.717) is 28.4 Å². The van der Waals surface area contributed by atoms with Gasteiger partial charge in [0.2, 0.25) is 0 Å². The molecule has 0 aliphatic carbocycles. The average Bonchev–Trinajstić information content (AvgIpc) is 3.11. The molecule has 0 aliphatic rings. The van der Waals surface area contributed by atoms with Crippen molar-refractivity contribution in [3.63, 3.8) is 0 Å². The third kappa shape index (κ3) is 4.69. The molecule has 4 rings (SSSR count). The predicted molar refractivity (Wildman–Crippen MR) is 123 cm³/mol. The highest BCUT2D eigenvalue weighted by Crippen LogP contribution is 2.21. The van der Waals surface area contributed by atoms with Gasteiger partial charge in [-0.1, -0.05) is 30.3 Å². The van der Waals surface area contributed by atoms with Crippen LogP contribution in [0.1, 0.15) is 28.7 Å². The molecule has 0 spiro atoms. The van der Waals surface area contributed by atoms with E-state index in [2.05, 4.69) is 16.0 Å². The van der Waals surface area contributed by atoms with Crippen LogP contribution >= 0.6 is 0 Å². The first-order valence-corrected chi connectivity index (χ1v) is 10.4. The molecule has 0 saturated carbocycles. The third-order valence-electron chi connectivity index (χ3n) is 5.29. The summed E-state index contributed by atoms with van der Waals surface area (Å²) < 4.78 is 20.5. The molecule has 1 unspecified atom stereocenters. The minimum Gasteiger partial charge on any atom is -0.481 e. The summed E-state index contributed by atoms with van der Waals surface area (Å²) in [6, 6.07) is 19.2. The van der Waals surface area contributed by atoms with Gasteiger partial charge in [0.25, 0.3) is 11.8 Å². The summed E-state index contributed by atoms with van der Waals surface area (Å²) in [5.74, 6) is -0.821. The number of fused-ring (bicyclic) bond motifs is 1. The Labute approximate surface area is 190 Å². The molecule has 2 N–H and O–H groups in total. The third-order valence-corrected chi connectivity index (χ3v) is 5.29. The number of carbonyl (C=O) groups is 2. The van der Waals surface area contributed by atoms with E-state index >= 15 is 0 Å². The van der Waals surface area contributed by atoms with Crippen molar-refractivity contribution in [2.75, 3.05) is 0 Å². The standard InChI is InChI=1S/C25H23FN4O3/c1-15-23(16(2)30(29-15)21-11-9-20(26)10-12-21)25(32)28-27-24(31)17(3)33-22-13-8-18-6-4-5-7-19(18)14-22/h4-14,17H,1-3H3,(H,27,31)(H,28,32). The van der Waals surface area contributed by atoms with Crippen molar-refractivity contribution in [3.05, 3.63) is 89.5 Å². The number of halogens is 1. The SMILES string of the molecule is Cc1nn(-c2ccc(F)cc2)c(C)c1C(=O)NNC(=O)C(C)Oc1ccc2ccccc2c1. The normalized spacial score (nSPS) is 11.8. The molecule has 7 nitrogen and oxygen atoms in total. The summed E-state index contributed by atoms with van der Waals surface area (Å²) in [7, 11) is 0. The second-order valence-corrected chi connectivity index (χ2v) is 7.65. The molecule has 0 fully saturated rings. The Kier molecular flexibility index (Phi) is 6.08. The van der Waals surface area contributed by atoms with E-state index in [9.17, 15) is 14.0 Å². The fraction of sp³-hybridized carbons (Fsp3) is 0.160. The van der Waals surface area contributed by atoms with Gasteiger partial charge in [0.1, 0.15) is 11.6 Å². The molecule has 0 bridgehead atoms. The van der Waals surface area contributed by atoms with Gasteiger partial charge in [-0.15, -0.1) is 0 Å². The number of amides is 2. The summed E-state index contributed by atoms with van der Waals surface area (Å²) >= 11 is 0. The maximum Gasteiger partial charge on any atom is 0.279 e. The van der Waals surface area contributed by atoms with Crippen molar-refractivity contribution in [3.8, 4) is 11.4 Å². The lowest BCUT2D eigenvalue weighted by molar-refractivity contribution is -0.128. The molecular formula is C25H23FN4O3. The molecule has 4 aromatic rings. The molecule has 0 saturated heterocycles. The number of aryl methyl sites for hydroxylation is 1. The highest BCUT2D eigenvalue weighted by Gasteiger charge is 2.21. The molecule has 3 aromatic carbocycles. The Morgan fingerprint density at radius 3 is 2.39 bits per heavy atom. The minimum atomic E-state index is -0.837. The molecule has 1 heterocycles. The van der Waals surface area contributed by atoms with Gasteiger partial charge >= 0.3 is 0 Å². The monoisotopic (exact) mass is 446 g/mol. The number of benzene rings is 3. The van der Waals surface area contributed by atoms with Crippen molar-refractivity contribution in [1.29, 1.82) is 0 Å². The smallest absolute Gasteiger partial charge is 0.279 e. The van der Waals surface area contributed by atoms with Crippen molar-refractivity contribution < 1.29 is 18.7 Å². The van der Waals surface area contributed by atoms with Crippen LogP contribution in [0.3, 0.4) is 0 Å². The lowest BCUT2D eigenvalue weighted by Crippen LogP contribution is -2.47. The van der Waals surface area contributed by atoms with E-state index < -0.39 is 17.9 Å². The Balaban J connectivity index is 1.40. The highest BCUT2D eigenvalue weighted by molar-refractivity contribution is 5.97. The average molecular weight is 446 g/mol. The zero-order chi connectivity index (χ0) is 23.5. The number of ether oxygens (including phenoxy) is 1. The van der Waals surface area contributed by atoms with Gasteiger partial charge in [-0.25, -0.2) is 9.07 Å². The van der Waals surface area contributed by atoms with Crippen molar-refractivity contribution in [1.82, 2.24) is 20.6 Å². The van der Waals surface area contributed by atoms with E-state index in [1.165, 1.54) is 12.1 Å². The predicted octanol–water partition coefficient (Wildman–Crippen LogP) is 4.01. The second-order valence-electron chi connectivity index (χ2n) is 7.65. The van der Waals surface area contributed by atoms with Crippen molar-refractivity contribution in [2.24, 2.45) is 0 Å². The number of nitrogens with zero attached hydrogens (tertiary/aromatic N) is 2. The van der Waals surface area contributed by atoms with E-state index in [-0.39, 0.29) is 5.82 Å². The van der Waals surface area contributed by atoms with Crippen LogP contribution < -0.4 is 15.6 Å². The number of hydrazine groups is 1. The summed E-state index contributed by atoms with van der Waals surface area (Å²) in [6.45, 7) is 5.01. The molecule has 33 heavy (non-hydrogen) atoms. The number of hydrogen-bond donors (Lipinski definition) is 2. The Morgan fingerprint density at radius 1 is 0.970 bits per heavy atom. The van der Waals surface area contributed by atoms with Gasteiger partial charge in [-0.3, -0.25) is 20.4 Å². The molecule has 168 valence electrons. The van der Waals surface area contributed by atoms with Gasteiger partial charge in [0.15, 0.2) is 6.10 Å². The van der Waals surface area contributed by atoms with E-state index in [1.807, 2.05) is 36.4 Å². The molecular weight excluding hydrogens is 423 g/mol. The lowest BCUT2D eigenvalue weighted by atomic mass is 10.1. The van der Waals surface area contributed by atoms with Crippen molar-refractivity contribution >= 4 is 22.6 Å². The molecule has 0 radical (unpaired) electrons. The van der Waals surface area contributed by atoms with Crippen molar-refractivity contribution in [2.45, 2.75) is 26.9 Å². The quantitative estimate of drug-likeness (QED) is 0.454. The minimum absolute atomic E-state index is 0.322. The van der Waals surface area contributed by atoms with E-state index in [4.69, 9.17) is 4.74 Å². The Hall–Kier alpha value is -4.20. The first kappa shape index (κ1) is 22.0. The van der Waals surface area contributed by atoms with Crippen LogP contribution in [-0.4, -0.2) is 27.7 Å². The first-order chi connectivity index (χ1) is 15.8. The maximum atomic E-state index is 13.2. The summed E-state index contributed by atoms with van der Waals surface area (Å²) in [4.78, 5) is 25.2. The zero-order valence-corrected chi connectivity index (χ0v) is 18.4. The number of rotatable bonds is 5. The van der Waals surface area contributed by atoms with Crippen LogP contribution in [-0.2, 0) is 4.79 Å². The van der Waals surface area contributed by atoms with Gasteiger partial charge in [0, 0.05) is 0 Å². The topological polar surface area (TPSA) is 85.3 Å². The fourth-order valence-corrected chi connectivity index (χ4v) is 3.59. The molecule has 0 aliphatic heterocycles. The van der Waals surface area contributed by atoms with Crippen LogP contribution in [0.25, 0.3) is 16.5 Å².